The Kier molecular flexibility index (Phi) is 34.3. The largest absolute Gasteiger partial charge is 0.514 e. The predicted molar refractivity (Wildman–Crippen MR) is 422 cm³/mol. The van der Waals surface area contributed by atoms with Crippen LogP contribution in [0.5, 0.6) is 5.75 Å². The van der Waals surface area contributed by atoms with Crippen molar-refractivity contribution in [2.45, 2.75) is 180 Å². The lowest BCUT2D eigenvalue weighted by Gasteiger charge is -2.31. The van der Waals surface area contributed by atoms with Gasteiger partial charge in [0.15, 0.2) is 0 Å². The van der Waals surface area contributed by atoms with E-state index in [9.17, 15) is 33.6 Å². The number of likely N-dealkylation sites (N-methyl/N-ethyl adjacent to an activating group) is 1. The van der Waals surface area contributed by atoms with Gasteiger partial charge in [-0.25, -0.2) is 9.59 Å². The van der Waals surface area contributed by atoms with Gasteiger partial charge in [0, 0.05) is 68.2 Å². The maximum atomic E-state index is 15.5. The number of pyridine rings is 1. The van der Waals surface area contributed by atoms with Gasteiger partial charge in [-0.2, -0.15) is 0 Å². The Hall–Kier alpha value is -11.1. The van der Waals surface area contributed by atoms with Crippen molar-refractivity contribution in [3.63, 3.8) is 0 Å². The van der Waals surface area contributed by atoms with Crippen molar-refractivity contribution < 1.29 is 71.7 Å². The monoisotopic (exact) mass is 1580 g/mol. The van der Waals surface area contributed by atoms with Gasteiger partial charge < -0.3 is 71.3 Å². The fourth-order valence-electron chi connectivity index (χ4n) is 12.8. The van der Waals surface area contributed by atoms with E-state index >= 15 is 19.2 Å². The van der Waals surface area contributed by atoms with Crippen molar-refractivity contribution in [3.05, 3.63) is 214 Å². The summed E-state index contributed by atoms with van der Waals surface area (Å²) in [6.45, 7) is 11.0. The molecule has 6 aromatic carbocycles. The van der Waals surface area contributed by atoms with Gasteiger partial charge >= 0.3 is 12.2 Å². The van der Waals surface area contributed by atoms with E-state index in [0.29, 0.717) is 48.9 Å². The molecule has 2 heterocycles. The van der Waals surface area contributed by atoms with Crippen molar-refractivity contribution in [2.24, 2.45) is 5.92 Å². The van der Waals surface area contributed by atoms with Crippen LogP contribution in [-0.2, 0) is 85.2 Å². The third kappa shape index (κ3) is 28.1. The van der Waals surface area contributed by atoms with Crippen LogP contribution in [0.1, 0.15) is 138 Å². The van der Waals surface area contributed by atoms with Crippen LogP contribution in [0.25, 0.3) is 10.8 Å². The van der Waals surface area contributed by atoms with Gasteiger partial charge in [-0.05, 0) is 148 Å². The van der Waals surface area contributed by atoms with Crippen molar-refractivity contribution in [3.8, 4) is 5.75 Å². The standard InChI is InChI=1S/C84H102BrN11O15/c1-7-86-81(104)74-36-24-46-96(74)82(105)69(35-20-23-45-95(56(4)5)83(106)109-52-60-27-12-9-13-28-60)91-77(100)70(47-55(2)3)92-76(99)68(34-19-22-44-88-75(98)67-33-18-21-43-87-67)90-79(102)72(49-58-38-41-65(42-39-58)111-84(107)110-53-64-31-16-17-32-66(64)85)93-80(103)73(54-108-51-59-25-10-8-11-26-59)94-78(101)71(89-57(6)97)50-61-37-40-62-29-14-15-30-63(62)48-61/h8-18,21,25-33,37-43,48,55-56,68-74H,7,19-20,22-24,34-36,44-47,49-54H2,1-6H3,(H,86,104)(H,88,98)(H,89,97)(H,90,102)(H,91,100)(H,92,99)(H,93,103)(H,94,101)/t68-,69+,70+,71-,72+,73+,74+/m1/s1. The fourth-order valence-corrected chi connectivity index (χ4v) is 13.2. The van der Waals surface area contributed by atoms with E-state index in [1.54, 1.807) is 60.4 Å². The molecule has 8 rings (SSSR count). The highest BCUT2D eigenvalue weighted by atomic mass is 79.9. The predicted octanol–water partition coefficient (Wildman–Crippen LogP) is 9.63. The SMILES string of the molecule is CCNC(=O)[C@@H]1CCCN1C(=O)[C@H](CCCCN(C(=O)OCc1ccccc1)C(C)C)NC(=O)[C@H](CC(C)C)NC(=O)[C@@H](CCCCNC(=O)c1ccccn1)NC(=O)[C@H](Cc1ccc(OC(=O)OCc2ccccc2Br)cc1)NC(=O)[C@H](COCc1ccccc1)NC(=O)[C@@H](Cc1ccc2ccccc2c1)NC(C)=O. The second-order valence-electron chi connectivity index (χ2n) is 28.0. The molecule has 0 spiro atoms. The highest BCUT2D eigenvalue weighted by Gasteiger charge is 2.40. The molecule has 1 fully saturated rings. The average molecular weight is 1590 g/mol. The molecule has 0 radical (unpaired) electrons. The molecule has 27 heteroatoms. The summed E-state index contributed by atoms with van der Waals surface area (Å²) < 4.78 is 23.4. The van der Waals surface area contributed by atoms with Gasteiger partial charge in [-0.3, -0.25) is 48.1 Å². The molecule has 111 heavy (non-hydrogen) atoms. The molecule has 1 saturated heterocycles. The Morgan fingerprint density at radius 1 is 0.550 bits per heavy atom. The number of amides is 10. The molecule has 10 amide bonds. The number of carbonyl (C=O) groups is 11. The summed E-state index contributed by atoms with van der Waals surface area (Å²) in [7, 11) is 0. The lowest BCUT2D eigenvalue weighted by atomic mass is 10.00. The Balaban J connectivity index is 1.08. The zero-order valence-electron chi connectivity index (χ0n) is 63.7. The lowest BCUT2D eigenvalue weighted by molar-refractivity contribution is -0.142. The lowest BCUT2D eigenvalue weighted by Crippen LogP contribution is -2.61. The first kappa shape index (κ1) is 85.5. The van der Waals surface area contributed by atoms with Crippen molar-refractivity contribution in [1.82, 2.24) is 57.3 Å². The quantitative estimate of drug-likeness (QED) is 0.0100. The van der Waals surface area contributed by atoms with Gasteiger partial charge in [0.25, 0.3) is 5.91 Å². The van der Waals surface area contributed by atoms with Crippen LogP contribution < -0.4 is 47.3 Å². The normalized spacial score (nSPS) is 14.1. The number of hydrogen-bond donors (Lipinski definition) is 8. The number of fused-ring (bicyclic) bond motifs is 1. The number of benzene rings is 6. The second kappa shape index (κ2) is 44.6. The molecule has 7 atom stereocenters. The molecule has 0 saturated carbocycles. The number of hydrogen-bond acceptors (Lipinski definition) is 16. The summed E-state index contributed by atoms with van der Waals surface area (Å²) in [5, 5.41) is 24.6. The number of likely N-dealkylation sites (tertiary alicyclic amines) is 1. The average Bonchev–Trinajstić information content (AvgIpc) is 1.50. The van der Waals surface area contributed by atoms with Gasteiger partial charge in [0.05, 0.1) is 13.2 Å². The van der Waals surface area contributed by atoms with E-state index in [-0.39, 0.29) is 114 Å². The van der Waals surface area contributed by atoms with Crippen LogP contribution in [0.2, 0.25) is 0 Å². The smallest absolute Gasteiger partial charge is 0.445 e. The Bertz CT molecular complexity index is 4240. The second-order valence-corrected chi connectivity index (χ2v) is 28.9. The highest BCUT2D eigenvalue weighted by Crippen LogP contribution is 2.24. The summed E-state index contributed by atoms with van der Waals surface area (Å²) >= 11 is 3.45. The fraction of sp³-hybridized carbons (Fsp3) is 0.405. The van der Waals surface area contributed by atoms with E-state index in [2.05, 4.69) is 63.4 Å². The maximum absolute atomic E-state index is 15.5. The minimum Gasteiger partial charge on any atom is -0.445 e. The van der Waals surface area contributed by atoms with Gasteiger partial charge in [-0.15, -0.1) is 0 Å². The molecule has 1 aromatic heterocycles. The van der Waals surface area contributed by atoms with Gasteiger partial charge in [-0.1, -0.05) is 169 Å². The summed E-state index contributed by atoms with van der Waals surface area (Å²) in [6.07, 6.45) is 1.89. The molecular formula is C84H102BrN11O15. The Morgan fingerprint density at radius 2 is 1.13 bits per heavy atom. The van der Waals surface area contributed by atoms with Crippen LogP contribution in [0.4, 0.5) is 9.59 Å². The molecule has 26 nitrogen and oxygen atoms in total. The van der Waals surface area contributed by atoms with Crippen molar-refractivity contribution in [2.75, 3.05) is 32.8 Å². The number of nitrogens with one attached hydrogen (secondary N) is 8. The zero-order chi connectivity index (χ0) is 79.6. The molecule has 7 aromatic rings. The molecule has 1 aliphatic rings. The molecule has 0 bridgehead atoms. The summed E-state index contributed by atoms with van der Waals surface area (Å²) in [6, 6.07) is 40.5. The van der Waals surface area contributed by atoms with Crippen LogP contribution in [0.3, 0.4) is 0 Å². The minimum absolute atomic E-state index is 0.00233. The number of carbonyl (C=O) groups excluding carboxylic acids is 11. The van der Waals surface area contributed by atoms with Gasteiger partial charge in [0.2, 0.25) is 47.3 Å². The van der Waals surface area contributed by atoms with Crippen LogP contribution in [-0.4, -0.2) is 161 Å². The summed E-state index contributed by atoms with van der Waals surface area (Å²) in [5.74, 6) is -6.05. The number of nitrogens with zero attached hydrogens (tertiary/aromatic N) is 3. The molecule has 0 aliphatic carbocycles. The zero-order valence-corrected chi connectivity index (χ0v) is 65.3. The van der Waals surface area contributed by atoms with E-state index in [4.69, 9.17) is 18.9 Å². The number of ether oxygens (including phenoxy) is 4. The van der Waals surface area contributed by atoms with Crippen LogP contribution in [0, 0.1) is 5.92 Å². The van der Waals surface area contributed by atoms with Crippen LogP contribution in [0.15, 0.2) is 181 Å². The van der Waals surface area contributed by atoms with E-state index in [0.717, 1.165) is 26.4 Å². The number of halogens is 1. The first-order valence-electron chi connectivity index (χ1n) is 37.8. The third-order valence-corrected chi connectivity index (χ3v) is 19.3. The third-order valence-electron chi connectivity index (χ3n) is 18.6. The first-order valence-corrected chi connectivity index (χ1v) is 38.6. The Morgan fingerprint density at radius 3 is 1.80 bits per heavy atom. The summed E-state index contributed by atoms with van der Waals surface area (Å²) in [4.78, 5) is 164. The number of unbranched alkanes of at least 4 members (excludes halogenated alkanes) is 2. The van der Waals surface area contributed by atoms with E-state index < -0.39 is 108 Å². The van der Waals surface area contributed by atoms with Crippen LogP contribution >= 0.6 is 15.9 Å². The molecule has 590 valence electrons. The van der Waals surface area contributed by atoms with Crippen molar-refractivity contribution in [1.29, 1.82) is 0 Å². The molecule has 0 unspecified atom stereocenters. The van der Waals surface area contributed by atoms with Gasteiger partial charge in [0.1, 0.15) is 67.0 Å². The summed E-state index contributed by atoms with van der Waals surface area (Å²) in [5.41, 5.74) is 3.56. The van der Waals surface area contributed by atoms with E-state index in [1.165, 1.54) is 30.2 Å². The molecular weight excluding hydrogens is 1480 g/mol. The topological polar surface area (TPSA) is 340 Å². The number of aromatic nitrogens is 1. The minimum atomic E-state index is -1.56. The van der Waals surface area contributed by atoms with E-state index in [1.807, 2.05) is 137 Å². The van der Waals surface area contributed by atoms with Crippen molar-refractivity contribution >= 4 is 92.1 Å². The number of rotatable bonds is 41. The maximum Gasteiger partial charge on any atom is 0.514 e. The Labute approximate surface area is 656 Å². The highest BCUT2D eigenvalue weighted by molar-refractivity contribution is 9.10. The first-order chi connectivity index (χ1) is 53.5. The molecule has 1 aliphatic heterocycles. The molecule has 8 N–H and O–H groups in total.